The minimum Gasteiger partial charge on any atom is -0.353 e. The van der Waals surface area contributed by atoms with Gasteiger partial charge in [-0.05, 0) is 25.0 Å². The van der Waals surface area contributed by atoms with E-state index in [1.807, 2.05) is 0 Å². The minimum atomic E-state index is -3.66. The Morgan fingerprint density at radius 2 is 2.00 bits per heavy atom. The van der Waals surface area contributed by atoms with Gasteiger partial charge in [-0.2, -0.15) is 0 Å². The summed E-state index contributed by atoms with van der Waals surface area (Å²) in [5.74, 6) is -0.0466. The number of rotatable bonds is 4. The molecule has 5 nitrogen and oxygen atoms in total. The van der Waals surface area contributed by atoms with Gasteiger partial charge >= 0.3 is 0 Å². The summed E-state index contributed by atoms with van der Waals surface area (Å²) < 4.78 is 22.4. The molecule has 1 amide bonds. The third kappa shape index (κ3) is 4.29. The lowest BCUT2D eigenvalue weighted by molar-refractivity contribution is -0.121. The Labute approximate surface area is 117 Å². The average Bonchev–Trinajstić information content (AvgIpc) is 2.78. The fourth-order valence-electron chi connectivity index (χ4n) is 2.29. The third-order valence-electron chi connectivity index (χ3n) is 3.22. The van der Waals surface area contributed by atoms with Crippen molar-refractivity contribution in [2.45, 2.75) is 48.8 Å². The Bertz CT molecular complexity index is 545. The molecule has 1 aromatic heterocycles. The number of hydrogen-bond acceptors (Lipinski definition) is 4. The molecule has 1 fully saturated rings. The van der Waals surface area contributed by atoms with Gasteiger partial charge in [0.05, 0.1) is 6.42 Å². The van der Waals surface area contributed by atoms with Crippen LogP contribution in [0.1, 0.15) is 37.0 Å². The van der Waals surface area contributed by atoms with Crippen LogP contribution in [0.4, 0.5) is 0 Å². The van der Waals surface area contributed by atoms with E-state index in [9.17, 15) is 13.2 Å². The molecule has 0 saturated heterocycles. The van der Waals surface area contributed by atoms with Crippen molar-refractivity contribution in [1.82, 2.24) is 5.32 Å². The molecule has 1 saturated carbocycles. The molecule has 1 aromatic rings. The van der Waals surface area contributed by atoms with Gasteiger partial charge in [-0.15, -0.1) is 11.3 Å². The summed E-state index contributed by atoms with van der Waals surface area (Å²) in [4.78, 5) is 12.6. The number of amides is 1. The van der Waals surface area contributed by atoms with Crippen LogP contribution >= 0.6 is 11.3 Å². The smallest absolute Gasteiger partial charge is 0.247 e. The van der Waals surface area contributed by atoms with Crippen LogP contribution in [-0.2, 0) is 21.2 Å². The average molecular weight is 302 g/mol. The Kier molecular flexibility index (Phi) is 4.59. The predicted octanol–water partition coefficient (Wildman–Crippen LogP) is 1.39. The molecule has 0 aromatic carbocycles. The van der Waals surface area contributed by atoms with E-state index in [1.165, 1.54) is 25.3 Å². The molecular formula is C12H18N2O3S2. The first-order valence-electron chi connectivity index (χ1n) is 6.36. The van der Waals surface area contributed by atoms with E-state index in [0.29, 0.717) is 0 Å². The van der Waals surface area contributed by atoms with Crippen LogP contribution in [-0.4, -0.2) is 20.4 Å². The maximum atomic E-state index is 11.9. The summed E-state index contributed by atoms with van der Waals surface area (Å²) in [5.41, 5.74) is 0. The van der Waals surface area contributed by atoms with Crippen molar-refractivity contribution in [3.63, 3.8) is 0 Å². The molecule has 3 N–H and O–H groups in total. The third-order valence-corrected chi connectivity index (χ3v) is 5.75. The summed E-state index contributed by atoms with van der Waals surface area (Å²) in [6, 6.07) is 3.37. The van der Waals surface area contributed by atoms with Gasteiger partial charge in [0, 0.05) is 10.9 Å². The second-order valence-electron chi connectivity index (χ2n) is 4.84. The number of carbonyl (C=O) groups excluding carboxylic acids is 1. The van der Waals surface area contributed by atoms with Crippen molar-refractivity contribution < 1.29 is 13.2 Å². The molecule has 0 bridgehead atoms. The molecule has 19 heavy (non-hydrogen) atoms. The molecule has 0 spiro atoms. The van der Waals surface area contributed by atoms with E-state index in [-0.39, 0.29) is 22.6 Å². The minimum absolute atomic E-state index is 0.0466. The molecule has 7 heteroatoms. The standard InChI is InChI=1S/C12H18N2O3S2/c13-19(16,17)12-7-6-10(18-12)8-11(15)14-9-4-2-1-3-5-9/h6-7,9H,1-5,8H2,(H,14,15)(H2,13,16,17). The van der Waals surface area contributed by atoms with Crippen LogP contribution in [0.5, 0.6) is 0 Å². The highest BCUT2D eigenvalue weighted by Crippen LogP contribution is 2.21. The number of primary sulfonamides is 1. The number of hydrogen-bond donors (Lipinski definition) is 2. The van der Waals surface area contributed by atoms with Gasteiger partial charge in [-0.1, -0.05) is 19.3 Å². The van der Waals surface area contributed by atoms with Gasteiger partial charge in [0.25, 0.3) is 0 Å². The highest BCUT2D eigenvalue weighted by atomic mass is 32.2. The molecular weight excluding hydrogens is 284 g/mol. The first kappa shape index (κ1) is 14.5. The molecule has 0 aliphatic heterocycles. The largest absolute Gasteiger partial charge is 0.353 e. The van der Waals surface area contributed by atoms with E-state index in [1.54, 1.807) is 6.07 Å². The molecule has 0 radical (unpaired) electrons. The van der Waals surface area contributed by atoms with E-state index in [0.717, 1.165) is 29.1 Å². The predicted molar refractivity (Wildman–Crippen MR) is 74.4 cm³/mol. The van der Waals surface area contributed by atoms with E-state index >= 15 is 0 Å². The quantitative estimate of drug-likeness (QED) is 0.880. The van der Waals surface area contributed by atoms with Crippen molar-refractivity contribution >= 4 is 27.3 Å². The van der Waals surface area contributed by atoms with Crippen LogP contribution in [0.15, 0.2) is 16.3 Å². The molecule has 106 valence electrons. The highest BCUT2D eigenvalue weighted by molar-refractivity contribution is 7.91. The Morgan fingerprint density at radius 3 is 2.58 bits per heavy atom. The molecule has 1 aliphatic rings. The van der Waals surface area contributed by atoms with E-state index in [4.69, 9.17) is 5.14 Å². The maximum absolute atomic E-state index is 11.9. The Morgan fingerprint density at radius 1 is 1.32 bits per heavy atom. The van der Waals surface area contributed by atoms with Crippen LogP contribution in [0, 0.1) is 0 Å². The zero-order valence-corrected chi connectivity index (χ0v) is 12.2. The number of nitrogens with one attached hydrogen (secondary N) is 1. The van der Waals surface area contributed by atoms with Gasteiger partial charge in [0.15, 0.2) is 0 Å². The first-order chi connectivity index (χ1) is 8.95. The van der Waals surface area contributed by atoms with E-state index in [2.05, 4.69) is 5.32 Å². The van der Waals surface area contributed by atoms with Gasteiger partial charge in [-0.25, -0.2) is 13.6 Å². The van der Waals surface area contributed by atoms with Crippen molar-refractivity contribution in [2.75, 3.05) is 0 Å². The lowest BCUT2D eigenvalue weighted by Crippen LogP contribution is -2.36. The van der Waals surface area contributed by atoms with Crippen molar-refractivity contribution in [2.24, 2.45) is 5.14 Å². The number of nitrogens with two attached hydrogens (primary N) is 1. The summed E-state index contributed by atoms with van der Waals surface area (Å²) >= 11 is 1.06. The lowest BCUT2D eigenvalue weighted by Gasteiger charge is -2.22. The molecule has 2 rings (SSSR count). The summed E-state index contributed by atoms with van der Waals surface area (Å²) in [6.07, 6.45) is 5.88. The van der Waals surface area contributed by atoms with Gasteiger partial charge in [-0.3, -0.25) is 4.79 Å². The van der Waals surface area contributed by atoms with Crippen molar-refractivity contribution in [1.29, 1.82) is 0 Å². The lowest BCUT2D eigenvalue weighted by atomic mass is 9.95. The Balaban J connectivity index is 1.90. The molecule has 0 atom stereocenters. The summed E-state index contributed by atoms with van der Waals surface area (Å²) in [5, 5.41) is 8.03. The van der Waals surface area contributed by atoms with Crippen LogP contribution < -0.4 is 10.5 Å². The summed E-state index contributed by atoms with van der Waals surface area (Å²) in [6.45, 7) is 0. The van der Waals surface area contributed by atoms with Crippen molar-refractivity contribution in [3.8, 4) is 0 Å². The van der Waals surface area contributed by atoms with Crippen LogP contribution in [0.2, 0.25) is 0 Å². The monoisotopic (exact) mass is 302 g/mol. The van der Waals surface area contributed by atoms with E-state index < -0.39 is 10.0 Å². The topological polar surface area (TPSA) is 89.3 Å². The number of sulfonamides is 1. The number of carbonyl (C=O) groups is 1. The molecule has 0 unspecified atom stereocenters. The van der Waals surface area contributed by atoms with Gasteiger partial charge in [0.1, 0.15) is 4.21 Å². The second-order valence-corrected chi connectivity index (χ2v) is 7.80. The summed E-state index contributed by atoms with van der Waals surface area (Å²) in [7, 11) is -3.66. The first-order valence-corrected chi connectivity index (χ1v) is 8.72. The highest BCUT2D eigenvalue weighted by Gasteiger charge is 2.17. The van der Waals surface area contributed by atoms with Gasteiger partial charge in [0.2, 0.25) is 15.9 Å². The number of thiophene rings is 1. The zero-order valence-electron chi connectivity index (χ0n) is 10.6. The second kappa shape index (κ2) is 6.02. The fraction of sp³-hybridized carbons (Fsp3) is 0.583. The Hall–Kier alpha value is -0.920. The fourth-order valence-corrected chi connectivity index (χ4v) is 4.07. The zero-order chi connectivity index (χ0) is 13.9. The maximum Gasteiger partial charge on any atom is 0.247 e. The molecule has 1 heterocycles. The molecule has 1 aliphatic carbocycles. The van der Waals surface area contributed by atoms with Crippen LogP contribution in [0.25, 0.3) is 0 Å². The van der Waals surface area contributed by atoms with Gasteiger partial charge < -0.3 is 5.32 Å². The van der Waals surface area contributed by atoms with Crippen LogP contribution in [0.3, 0.4) is 0 Å². The normalized spacial score (nSPS) is 17.3. The SMILES string of the molecule is NS(=O)(=O)c1ccc(CC(=O)NC2CCCCC2)s1. The van der Waals surface area contributed by atoms with Crippen molar-refractivity contribution in [3.05, 3.63) is 17.0 Å².